The largest absolute Gasteiger partial charge is 0.481 e. The lowest BCUT2D eigenvalue weighted by Gasteiger charge is -2.33. The number of benzene rings is 2. The van der Waals surface area contributed by atoms with Crippen molar-refractivity contribution in [3.05, 3.63) is 64.1 Å². The highest BCUT2D eigenvalue weighted by Gasteiger charge is 2.40. The first-order chi connectivity index (χ1) is 15.4. The number of carbonyl (C=O) groups is 2. The molecule has 1 saturated carbocycles. The standard InChI is InChI=1S/C23H19ClF4N2O3/c1-22(21(32)33)10-8-12(9-11-22)19-18-15(25)6-3-7-16(18)30(29-19)20(31)17-13(23(26,27)28)4-2-5-14(17)24/h2-7,12H,8-11H2,1H3,(H,32,33)/t12-,22+. The Balaban J connectivity index is 1.83. The quantitative estimate of drug-likeness (QED) is 0.446. The van der Waals surface area contributed by atoms with E-state index in [4.69, 9.17) is 11.6 Å². The second kappa shape index (κ2) is 8.13. The molecule has 1 fully saturated rings. The lowest BCUT2D eigenvalue weighted by molar-refractivity contribution is -0.150. The van der Waals surface area contributed by atoms with E-state index in [-0.39, 0.29) is 22.5 Å². The predicted molar refractivity (Wildman–Crippen MR) is 113 cm³/mol. The Morgan fingerprint density at radius 1 is 1.15 bits per heavy atom. The van der Waals surface area contributed by atoms with E-state index in [0.29, 0.717) is 25.7 Å². The highest BCUT2D eigenvalue weighted by Crippen LogP contribution is 2.45. The smallest absolute Gasteiger partial charge is 0.417 e. The van der Waals surface area contributed by atoms with Gasteiger partial charge in [0, 0.05) is 5.92 Å². The van der Waals surface area contributed by atoms with E-state index < -0.39 is 45.4 Å². The van der Waals surface area contributed by atoms with Crippen LogP contribution in [-0.2, 0) is 11.0 Å². The molecule has 3 aromatic rings. The SMILES string of the molecule is C[C@]1(C(=O)O)CC[C@@H](c2nn(C(=O)c3c(Cl)cccc3C(F)(F)F)c3cccc(F)c32)CC1. The van der Waals surface area contributed by atoms with Crippen LogP contribution in [0.15, 0.2) is 36.4 Å². The van der Waals surface area contributed by atoms with Crippen molar-refractivity contribution in [2.24, 2.45) is 5.41 Å². The number of nitrogens with zero attached hydrogens (tertiary/aromatic N) is 2. The predicted octanol–water partition coefficient (Wildman–Crippen LogP) is 6.28. The summed E-state index contributed by atoms with van der Waals surface area (Å²) < 4.78 is 56.3. The Morgan fingerprint density at radius 3 is 2.39 bits per heavy atom. The van der Waals surface area contributed by atoms with Crippen LogP contribution in [0.4, 0.5) is 17.6 Å². The number of carboxylic acid groups (broad SMARTS) is 1. The van der Waals surface area contributed by atoms with Gasteiger partial charge in [0.05, 0.1) is 38.2 Å². The van der Waals surface area contributed by atoms with E-state index in [9.17, 15) is 32.3 Å². The van der Waals surface area contributed by atoms with Crippen molar-refractivity contribution in [3.63, 3.8) is 0 Å². The van der Waals surface area contributed by atoms with Crippen molar-refractivity contribution >= 4 is 34.4 Å². The van der Waals surface area contributed by atoms with E-state index in [1.54, 1.807) is 6.92 Å². The molecule has 174 valence electrons. The molecule has 33 heavy (non-hydrogen) atoms. The molecule has 5 nitrogen and oxygen atoms in total. The Labute approximate surface area is 191 Å². The number of aliphatic carboxylic acids is 1. The summed E-state index contributed by atoms with van der Waals surface area (Å²) in [5, 5.41) is 13.4. The average Bonchev–Trinajstić information content (AvgIpc) is 3.14. The van der Waals surface area contributed by atoms with Crippen molar-refractivity contribution in [2.75, 3.05) is 0 Å². The van der Waals surface area contributed by atoms with Crippen LogP contribution in [0.1, 0.15) is 60.1 Å². The molecule has 0 radical (unpaired) electrons. The third kappa shape index (κ3) is 3.99. The number of fused-ring (bicyclic) bond motifs is 1. The van der Waals surface area contributed by atoms with Gasteiger partial charge in [0.1, 0.15) is 5.82 Å². The van der Waals surface area contributed by atoms with Gasteiger partial charge in [-0.05, 0) is 56.9 Å². The lowest BCUT2D eigenvalue weighted by Crippen LogP contribution is -2.32. The first-order valence-corrected chi connectivity index (χ1v) is 10.6. The number of hydrogen-bond donors (Lipinski definition) is 1. The molecule has 10 heteroatoms. The number of carbonyl (C=O) groups excluding carboxylic acids is 1. The maximum Gasteiger partial charge on any atom is 0.417 e. The highest BCUT2D eigenvalue weighted by atomic mass is 35.5. The maximum absolute atomic E-state index is 14.8. The van der Waals surface area contributed by atoms with E-state index in [0.717, 1.165) is 16.8 Å². The van der Waals surface area contributed by atoms with E-state index in [2.05, 4.69) is 5.10 Å². The number of alkyl halides is 3. The number of halogens is 5. The Kier molecular flexibility index (Phi) is 5.72. The van der Waals surface area contributed by atoms with Gasteiger partial charge in [-0.2, -0.15) is 23.0 Å². The first kappa shape index (κ1) is 23.2. The molecule has 1 N–H and O–H groups in total. The minimum absolute atomic E-state index is 0.0228. The van der Waals surface area contributed by atoms with E-state index >= 15 is 0 Å². The zero-order valence-corrected chi connectivity index (χ0v) is 18.2. The summed E-state index contributed by atoms with van der Waals surface area (Å²) in [4.78, 5) is 24.8. The molecule has 1 aromatic heterocycles. The fraction of sp³-hybridized carbons (Fsp3) is 0.348. The van der Waals surface area contributed by atoms with Crippen molar-refractivity contribution in [1.82, 2.24) is 9.78 Å². The molecule has 0 bridgehead atoms. The topological polar surface area (TPSA) is 72.2 Å². The van der Waals surface area contributed by atoms with Crippen molar-refractivity contribution in [3.8, 4) is 0 Å². The van der Waals surface area contributed by atoms with Gasteiger partial charge >= 0.3 is 12.1 Å². The summed E-state index contributed by atoms with van der Waals surface area (Å²) in [6.07, 6.45) is -3.41. The van der Waals surface area contributed by atoms with Crippen LogP contribution in [0.25, 0.3) is 10.9 Å². The summed E-state index contributed by atoms with van der Waals surface area (Å²) in [5.74, 6) is -3.06. The summed E-state index contributed by atoms with van der Waals surface area (Å²) >= 11 is 5.99. The fourth-order valence-electron chi connectivity index (χ4n) is 4.42. The van der Waals surface area contributed by atoms with Crippen molar-refractivity contribution in [2.45, 2.75) is 44.7 Å². The molecule has 0 atom stereocenters. The van der Waals surface area contributed by atoms with Crippen molar-refractivity contribution < 1.29 is 32.3 Å². The van der Waals surface area contributed by atoms with Crippen LogP contribution in [0.2, 0.25) is 5.02 Å². The van der Waals surface area contributed by atoms with E-state index in [1.807, 2.05) is 0 Å². The molecule has 1 aliphatic rings. The normalized spacial score (nSPS) is 21.3. The van der Waals surface area contributed by atoms with Crippen molar-refractivity contribution in [1.29, 1.82) is 0 Å². The third-order valence-corrected chi connectivity index (χ3v) is 6.72. The Bertz CT molecular complexity index is 1260. The number of hydrogen-bond acceptors (Lipinski definition) is 3. The van der Waals surface area contributed by atoms with Gasteiger partial charge < -0.3 is 5.11 Å². The Hall–Kier alpha value is -2.94. The zero-order valence-electron chi connectivity index (χ0n) is 17.4. The molecule has 0 aliphatic heterocycles. The Morgan fingerprint density at radius 2 is 1.79 bits per heavy atom. The second-order valence-corrected chi connectivity index (χ2v) is 8.94. The van der Waals surface area contributed by atoms with Crippen LogP contribution >= 0.6 is 11.6 Å². The van der Waals surface area contributed by atoms with Crippen LogP contribution < -0.4 is 0 Å². The maximum atomic E-state index is 14.8. The third-order valence-electron chi connectivity index (χ3n) is 6.40. The second-order valence-electron chi connectivity index (χ2n) is 8.54. The summed E-state index contributed by atoms with van der Waals surface area (Å²) in [6, 6.07) is 6.94. The number of carboxylic acids is 1. The van der Waals surface area contributed by atoms with Gasteiger partial charge in [-0.15, -0.1) is 0 Å². The number of aromatic nitrogens is 2. The lowest BCUT2D eigenvalue weighted by atomic mass is 9.71. The molecule has 0 spiro atoms. The molecule has 0 amide bonds. The molecule has 1 aliphatic carbocycles. The van der Waals surface area contributed by atoms with Gasteiger partial charge in [0.2, 0.25) is 0 Å². The minimum Gasteiger partial charge on any atom is -0.481 e. The average molecular weight is 483 g/mol. The molecule has 0 saturated heterocycles. The summed E-state index contributed by atoms with van der Waals surface area (Å²) in [5.41, 5.74) is -2.65. The monoisotopic (exact) mass is 482 g/mol. The molecule has 2 aromatic carbocycles. The highest BCUT2D eigenvalue weighted by molar-refractivity contribution is 6.34. The summed E-state index contributed by atoms with van der Waals surface area (Å²) in [6.45, 7) is 1.64. The summed E-state index contributed by atoms with van der Waals surface area (Å²) in [7, 11) is 0. The van der Waals surface area contributed by atoms with Crippen LogP contribution in [0.5, 0.6) is 0 Å². The minimum atomic E-state index is -4.84. The molecule has 1 heterocycles. The van der Waals surface area contributed by atoms with Gasteiger partial charge in [-0.3, -0.25) is 9.59 Å². The molecule has 4 rings (SSSR count). The molecular weight excluding hydrogens is 464 g/mol. The van der Waals surface area contributed by atoms with Crippen LogP contribution in [0.3, 0.4) is 0 Å². The van der Waals surface area contributed by atoms with E-state index in [1.165, 1.54) is 24.3 Å². The van der Waals surface area contributed by atoms with Gasteiger partial charge in [0.15, 0.2) is 0 Å². The van der Waals surface area contributed by atoms with Gasteiger partial charge in [-0.1, -0.05) is 23.7 Å². The number of rotatable bonds is 3. The first-order valence-electron chi connectivity index (χ1n) is 10.2. The van der Waals surface area contributed by atoms with Crippen LogP contribution in [0, 0.1) is 11.2 Å². The zero-order chi connectivity index (χ0) is 24.1. The van der Waals surface area contributed by atoms with Crippen LogP contribution in [-0.4, -0.2) is 26.8 Å². The van der Waals surface area contributed by atoms with Gasteiger partial charge in [0.25, 0.3) is 5.91 Å². The molecule has 0 unspecified atom stereocenters. The fourth-order valence-corrected chi connectivity index (χ4v) is 4.68. The molecular formula is C23H19ClF4N2O3. The van der Waals surface area contributed by atoms with Gasteiger partial charge in [-0.25, -0.2) is 4.39 Å².